The zero-order chi connectivity index (χ0) is 19.2. The number of ether oxygens (including phenoxy) is 2. The first-order chi connectivity index (χ1) is 13.1. The summed E-state index contributed by atoms with van der Waals surface area (Å²) in [6.07, 6.45) is 3.67. The maximum atomic E-state index is 5.38. The van der Waals surface area contributed by atoms with Crippen molar-refractivity contribution in [2.45, 2.75) is 13.5 Å². The van der Waals surface area contributed by atoms with Crippen LogP contribution < -0.4 is 20.1 Å². The Morgan fingerprint density at radius 1 is 1.00 bits per heavy atom. The second-order valence-electron chi connectivity index (χ2n) is 6.06. The maximum absolute atomic E-state index is 5.38. The third-order valence-electron chi connectivity index (χ3n) is 4.00. The summed E-state index contributed by atoms with van der Waals surface area (Å²) in [5.74, 6) is 1.30. The van der Waals surface area contributed by atoms with Crippen LogP contribution in [0.25, 0.3) is 0 Å². The van der Waals surface area contributed by atoms with Gasteiger partial charge in [-0.2, -0.15) is 5.10 Å². The van der Waals surface area contributed by atoms with Crippen LogP contribution in [0.4, 0.5) is 11.4 Å². The van der Waals surface area contributed by atoms with E-state index in [-0.39, 0.29) is 0 Å². The van der Waals surface area contributed by atoms with Gasteiger partial charge in [-0.25, -0.2) is 0 Å². The molecule has 0 amide bonds. The van der Waals surface area contributed by atoms with Crippen LogP contribution in [0.3, 0.4) is 0 Å². The molecular weight excluding hydrogens is 360 g/mol. The minimum absolute atomic E-state index is 0.470. The number of nitrogens with zero attached hydrogens (tertiary/aromatic N) is 2. The Labute approximate surface area is 164 Å². The first-order valence-corrected chi connectivity index (χ1v) is 8.86. The van der Waals surface area contributed by atoms with E-state index in [0.717, 1.165) is 11.4 Å². The third-order valence-corrected chi connectivity index (χ3v) is 4.20. The minimum Gasteiger partial charge on any atom is -0.493 e. The zero-order valence-corrected chi connectivity index (χ0v) is 16.3. The van der Waals surface area contributed by atoms with Crippen LogP contribution >= 0.6 is 12.2 Å². The number of hydrogen-bond donors (Lipinski definition) is 2. The molecule has 0 atom stereocenters. The summed E-state index contributed by atoms with van der Waals surface area (Å²) in [7, 11) is 3.20. The Morgan fingerprint density at radius 3 is 2.41 bits per heavy atom. The molecule has 0 saturated heterocycles. The molecule has 0 fully saturated rings. The SMILES string of the molecule is COc1ccc(NC(=S)Nc2cnn(Cc3ccc(C)cc3)c2)cc1OC. The van der Waals surface area contributed by atoms with E-state index in [2.05, 4.69) is 46.9 Å². The molecule has 0 saturated carbocycles. The highest BCUT2D eigenvalue weighted by Gasteiger charge is 2.07. The first kappa shape index (κ1) is 18.7. The molecule has 0 unspecified atom stereocenters. The predicted octanol–water partition coefficient (Wildman–Crippen LogP) is 4.07. The molecule has 2 aromatic carbocycles. The molecule has 27 heavy (non-hydrogen) atoms. The fourth-order valence-corrected chi connectivity index (χ4v) is 2.84. The average Bonchev–Trinajstić information content (AvgIpc) is 3.10. The van der Waals surface area contributed by atoms with Crippen LogP contribution in [0.1, 0.15) is 11.1 Å². The number of thiocarbonyl (C=S) groups is 1. The fourth-order valence-electron chi connectivity index (χ4n) is 2.60. The number of aromatic nitrogens is 2. The lowest BCUT2D eigenvalue weighted by Crippen LogP contribution is -2.18. The van der Waals surface area contributed by atoms with Gasteiger partial charge in [-0.3, -0.25) is 4.68 Å². The molecule has 140 valence electrons. The number of methoxy groups -OCH3 is 2. The van der Waals surface area contributed by atoms with Gasteiger partial charge in [-0.1, -0.05) is 29.8 Å². The third kappa shape index (κ3) is 4.98. The van der Waals surface area contributed by atoms with Crippen molar-refractivity contribution in [3.05, 3.63) is 66.0 Å². The van der Waals surface area contributed by atoms with Gasteiger partial charge >= 0.3 is 0 Å². The summed E-state index contributed by atoms with van der Waals surface area (Å²) < 4.78 is 12.4. The van der Waals surface area contributed by atoms with Gasteiger partial charge in [0.15, 0.2) is 16.6 Å². The van der Waals surface area contributed by atoms with E-state index in [1.807, 2.05) is 29.1 Å². The van der Waals surface area contributed by atoms with E-state index in [9.17, 15) is 0 Å². The average molecular weight is 382 g/mol. The van der Waals surface area contributed by atoms with Gasteiger partial charge in [0, 0.05) is 18.0 Å². The van der Waals surface area contributed by atoms with Crippen LogP contribution in [0, 0.1) is 6.92 Å². The molecular formula is C20H22N4O2S. The van der Waals surface area contributed by atoms with Crippen molar-refractivity contribution in [2.24, 2.45) is 0 Å². The largest absolute Gasteiger partial charge is 0.493 e. The second-order valence-corrected chi connectivity index (χ2v) is 6.47. The van der Waals surface area contributed by atoms with Gasteiger partial charge < -0.3 is 20.1 Å². The van der Waals surface area contributed by atoms with Crippen LogP contribution in [-0.4, -0.2) is 29.1 Å². The van der Waals surface area contributed by atoms with E-state index >= 15 is 0 Å². The molecule has 0 aliphatic heterocycles. The summed E-state index contributed by atoms with van der Waals surface area (Å²) in [5, 5.41) is 11.1. The lowest BCUT2D eigenvalue weighted by Gasteiger charge is -2.12. The van der Waals surface area contributed by atoms with E-state index < -0.39 is 0 Å². The van der Waals surface area contributed by atoms with E-state index in [1.165, 1.54) is 11.1 Å². The van der Waals surface area contributed by atoms with Crippen molar-refractivity contribution in [2.75, 3.05) is 24.9 Å². The lowest BCUT2D eigenvalue weighted by atomic mass is 10.1. The smallest absolute Gasteiger partial charge is 0.175 e. The predicted molar refractivity (Wildman–Crippen MR) is 112 cm³/mol. The molecule has 0 spiro atoms. The van der Waals surface area contributed by atoms with Gasteiger partial charge in [0.05, 0.1) is 32.6 Å². The van der Waals surface area contributed by atoms with Crippen LogP contribution in [0.15, 0.2) is 54.9 Å². The molecule has 0 aliphatic carbocycles. The highest BCUT2D eigenvalue weighted by molar-refractivity contribution is 7.80. The van der Waals surface area contributed by atoms with E-state index in [0.29, 0.717) is 23.2 Å². The Balaban J connectivity index is 1.60. The van der Waals surface area contributed by atoms with Gasteiger partial charge in [0.2, 0.25) is 0 Å². The monoisotopic (exact) mass is 382 g/mol. The quantitative estimate of drug-likeness (QED) is 0.627. The van der Waals surface area contributed by atoms with Gasteiger partial charge in [-0.15, -0.1) is 0 Å². The van der Waals surface area contributed by atoms with Crippen molar-refractivity contribution in [3.63, 3.8) is 0 Å². The molecule has 1 heterocycles. The lowest BCUT2D eigenvalue weighted by molar-refractivity contribution is 0.355. The number of hydrogen-bond acceptors (Lipinski definition) is 4. The molecule has 0 radical (unpaired) electrons. The highest BCUT2D eigenvalue weighted by Crippen LogP contribution is 2.29. The second kappa shape index (κ2) is 8.55. The summed E-state index contributed by atoms with van der Waals surface area (Å²) >= 11 is 5.38. The fraction of sp³-hybridized carbons (Fsp3) is 0.200. The molecule has 7 heteroatoms. The van der Waals surface area contributed by atoms with Gasteiger partial charge in [-0.05, 0) is 36.8 Å². The van der Waals surface area contributed by atoms with E-state index in [1.54, 1.807) is 20.4 Å². The molecule has 3 aromatic rings. The van der Waals surface area contributed by atoms with E-state index in [4.69, 9.17) is 21.7 Å². The van der Waals surface area contributed by atoms with Crippen molar-refractivity contribution >= 4 is 28.7 Å². The number of aryl methyl sites for hydroxylation is 1. The van der Waals surface area contributed by atoms with Crippen LogP contribution in [0.2, 0.25) is 0 Å². The summed E-state index contributed by atoms with van der Waals surface area (Å²) in [5.41, 5.74) is 4.06. The highest BCUT2D eigenvalue weighted by atomic mass is 32.1. The Kier molecular flexibility index (Phi) is 5.93. The van der Waals surface area contributed by atoms with Crippen molar-refractivity contribution in [1.29, 1.82) is 0 Å². The Hall–Kier alpha value is -3.06. The molecule has 2 N–H and O–H groups in total. The molecule has 1 aromatic heterocycles. The molecule has 6 nitrogen and oxygen atoms in total. The van der Waals surface area contributed by atoms with Crippen LogP contribution in [-0.2, 0) is 6.54 Å². The molecule has 0 aliphatic rings. The number of nitrogens with one attached hydrogen (secondary N) is 2. The van der Waals surface area contributed by atoms with Crippen LogP contribution in [0.5, 0.6) is 11.5 Å². The normalized spacial score (nSPS) is 10.3. The van der Waals surface area contributed by atoms with Crippen molar-refractivity contribution in [1.82, 2.24) is 9.78 Å². The Bertz CT molecular complexity index is 922. The van der Waals surface area contributed by atoms with Gasteiger partial charge in [0.1, 0.15) is 0 Å². The molecule has 3 rings (SSSR count). The number of rotatable bonds is 6. The summed E-state index contributed by atoms with van der Waals surface area (Å²) in [6, 6.07) is 13.9. The molecule has 0 bridgehead atoms. The zero-order valence-electron chi connectivity index (χ0n) is 15.5. The maximum Gasteiger partial charge on any atom is 0.175 e. The standard InChI is InChI=1S/C20H22N4O2S/c1-14-4-6-15(7-5-14)12-24-13-17(11-21-24)23-20(27)22-16-8-9-18(25-2)19(10-16)26-3/h4-11,13H,12H2,1-3H3,(H2,22,23,27). The topological polar surface area (TPSA) is 60.3 Å². The first-order valence-electron chi connectivity index (χ1n) is 8.45. The Morgan fingerprint density at radius 2 is 1.70 bits per heavy atom. The number of anilines is 2. The summed E-state index contributed by atoms with van der Waals surface area (Å²) in [6.45, 7) is 2.78. The summed E-state index contributed by atoms with van der Waals surface area (Å²) in [4.78, 5) is 0. The van der Waals surface area contributed by atoms with Crippen molar-refractivity contribution in [3.8, 4) is 11.5 Å². The number of benzene rings is 2. The van der Waals surface area contributed by atoms with Crippen molar-refractivity contribution < 1.29 is 9.47 Å². The minimum atomic E-state index is 0.470. The van der Waals surface area contributed by atoms with Gasteiger partial charge in [0.25, 0.3) is 0 Å².